The smallest absolute Gasteiger partial charge is 0.352 e. The van der Waals surface area contributed by atoms with E-state index < -0.39 is 34.7 Å². The molecule has 4 atom stereocenters. The van der Waals surface area contributed by atoms with Crippen molar-refractivity contribution >= 4 is 18.7 Å². The van der Waals surface area contributed by atoms with Crippen LogP contribution in [0.1, 0.15) is 43.2 Å². The van der Waals surface area contributed by atoms with Crippen molar-refractivity contribution in [2.24, 2.45) is 4.99 Å². The summed E-state index contributed by atoms with van der Waals surface area (Å²) in [4.78, 5) is 36.0. The maximum atomic E-state index is 14.1. The molecule has 7 rings (SSSR count). The molecule has 0 bridgehead atoms. The van der Waals surface area contributed by atoms with Crippen molar-refractivity contribution in [3.05, 3.63) is 47.2 Å². The normalized spacial score (nSPS) is 33.4. The average molecular weight is 593 g/mol. The first-order valence-corrected chi connectivity index (χ1v) is 15.4. The Balaban J connectivity index is 1.24. The van der Waals surface area contributed by atoms with Crippen LogP contribution < -0.4 is 14.8 Å². The molecule has 230 valence electrons. The van der Waals surface area contributed by atoms with E-state index in [-0.39, 0.29) is 19.6 Å². The van der Waals surface area contributed by atoms with Gasteiger partial charge in [0, 0.05) is 45.7 Å². The maximum Gasteiger partial charge on any atom is 0.352 e. The molecule has 3 saturated heterocycles. The molecular weight excluding hydrogens is 552 g/mol. The molecule has 1 spiro atoms. The zero-order chi connectivity index (χ0) is 29.7. The van der Waals surface area contributed by atoms with Crippen LogP contribution in [0.25, 0.3) is 0 Å². The minimum absolute atomic E-state index is 0.0381. The number of methoxy groups -OCH3 is 1. The van der Waals surface area contributed by atoms with Gasteiger partial charge in [0.25, 0.3) is 0 Å². The van der Waals surface area contributed by atoms with E-state index in [1.54, 1.807) is 7.11 Å². The number of nitrogens with zero attached hydrogens (tertiary/aromatic N) is 3. The SMILES string of the molecule is C=N[C@]12c3cc4c(cc3CCN3CCCC[C@]31C=C(OC)[C@H]2OC(=O)[C@@]1(C/C=C/CN2CCNCC2)CC(=O)O1)OCO4. The predicted octanol–water partition coefficient (Wildman–Crippen LogP) is 2.08. The summed E-state index contributed by atoms with van der Waals surface area (Å²) in [5.74, 6) is 0.844. The Kier molecular flexibility index (Phi) is 7.22. The Hall–Kier alpha value is -3.41. The largest absolute Gasteiger partial charge is 0.497 e. The van der Waals surface area contributed by atoms with E-state index in [2.05, 4.69) is 27.9 Å². The number of fused-ring (bicyclic) bond motifs is 3. The highest BCUT2D eigenvalue weighted by molar-refractivity contribution is 5.94. The Labute approximate surface area is 251 Å². The zero-order valence-electron chi connectivity index (χ0n) is 24.8. The lowest BCUT2D eigenvalue weighted by Crippen LogP contribution is -2.64. The molecule has 3 fully saturated rings. The Bertz CT molecular complexity index is 1360. The molecule has 0 radical (unpaired) electrons. The summed E-state index contributed by atoms with van der Waals surface area (Å²) in [6.45, 7) is 10.6. The molecule has 1 aliphatic carbocycles. The highest BCUT2D eigenvalue weighted by Crippen LogP contribution is 2.59. The third-order valence-electron chi connectivity index (χ3n) is 10.1. The molecule has 6 aliphatic rings. The van der Waals surface area contributed by atoms with Gasteiger partial charge in [-0.3, -0.25) is 19.6 Å². The second-order valence-corrected chi connectivity index (χ2v) is 12.3. The molecule has 5 aliphatic heterocycles. The number of esters is 2. The van der Waals surface area contributed by atoms with Crippen molar-refractivity contribution in [1.29, 1.82) is 0 Å². The molecule has 0 amide bonds. The van der Waals surface area contributed by atoms with Crippen LogP contribution in [0.15, 0.2) is 41.1 Å². The van der Waals surface area contributed by atoms with Crippen LogP contribution in [0.5, 0.6) is 11.5 Å². The summed E-state index contributed by atoms with van der Waals surface area (Å²) in [6.07, 6.45) is 8.98. The van der Waals surface area contributed by atoms with E-state index in [0.717, 1.165) is 82.6 Å². The number of nitrogens with one attached hydrogen (secondary N) is 1. The summed E-state index contributed by atoms with van der Waals surface area (Å²) >= 11 is 0. The number of piperazine rings is 1. The van der Waals surface area contributed by atoms with Crippen LogP contribution >= 0.6 is 0 Å². The molecule has 1 aromatic carbocycles. The van der Waals surface area contributed by atoms with Crippen LogP contribution in [0, 0.1) is 0 Å². The highest BCUT2D eigenvalue weighted by Gasteiger charge is 2.69. The van der Waals surface area contributed by atoms with Crippen LogP contribution in [-0.4, -0.2) is 105 Å². The first-order valence-electron chi connectivity index (χ1n) is 15.4. The molecule has 11 heteroatoms. The number of hydrogen-bond acceptors (Lipinski definition) is 11. The molecule has 0 aromatic heterocycles. The molecule has 0 unspecified atom stereocenters. The van der Waals surface area contributed by atoms with Crippen LogP contribution in [0.3, 0.4) is 0 Å². The van der Waals surface area contributed by atoms with Gasteiger partial charge in [-0.1, -0.05) is 12.2 Å². The second kappa shape index (κ2) is 10.9. The zero-order valence-corrected chi connectivity index (χ0v) is 24.8. The molecule has 1 aromatic rings. The second-order valence-electron chi connectivity index (χ2n) is 12.3. The number of carbonyl (C=O) groups is 2. The van der Waals surface area contributed by atoms with Crippen molar-refractivity contribution in [2.45, 2.75) is 61.3 Å². The number of benzene rings is 1. The van der Waals surface area contributed by atoms with Gasteiger partial charge < -0.3 is 29.0 Å². The number of carbonyl (C=O) groups excluding carboxylic acids is 2. The van der Waals surface area contributed by atoms with Crippen molar-refractivity contribution in [3.8, 4) is 11.5 Å². The van der Waals surface area contributed by atoms with Gasteiger partial charge in [-0.25, -0.2) is 4.79 Å². The topological polar surface area (TPSA) is 111 Å². The third-order valence-corrected chi connectivity index (χ3v) is 10.1. The summed E-state index contributed by atoms with van der Waals surface area (Å²) in [5, 5.41) is 3.35. The van der Waals surface area contributed by atoms with Gasteiger partial charge in [-0.05, 0) is 68.3 Å². The molecule has 11 nitrogen and oxygen atoms in total. The quantitative estimate of drug-likeness (QED) is 0.274. The third kappa shape index (κ3) is 4.38. The van der Waals surface area contributed by atoms with Crippen LogP contribution in [0.2, 0.25) is 0 Å². The number of cyclic esters (lactones) is 1. The minimum atomic E-state index is -1.39. The van der Waals surface area contributed by atoms with Crippen molar-refractivity contribution < 1.29 is 33.3 Å². The number of hydrogen-bond donors (Lipinski definition) is 1. The van der Waals surface area contributed by atoms with E-state index in [4.69, 9.17) is 28.7 Å². The fourth-order valence-corrected chi connectivity index (χ4v) is 7.96. The lowest BCUT2D eigenvalue weighted by Gasteiger charge is -2.52. The number of aliphatic imine (C=N–C) groups is 1. The fourth-order valence-electron chi connectivity index (χ4n) is 7.96. The summed E-state index contributed by atoms with van der Waals surface area (Å²) in [6, 6.07) is 4.01. The van der Waals surface area contributed by atoms with E-state index >= 15 is 0 Å². The first kappa shape index (κ1) is 28.4. The van der Waals surface area contributed by atoms with E-state index in [1.807, 2.05) is 24.3 Å². The van der Waals surface area contributed by atoms with Crippen LogP contribution in [0.4, 0.5) is 0 Å². The monoisotopic (exact) mass is 592 g/mol. The van der Waals surface area contributed by atoms with Gasteiger partial charge in [0.2, 0.25) is 12.4 Å². The van der Waals surface area contributed by atoms with Gasteiger partial charge in [-0.2, -0.15) is 0 Å². The summed E-state index contributed by atoms with van der Waals surface area (Å²) < 4.78 is 29.6. The number of rotatable bonds is 8. The first-order chi connectivity index (χ1) is 20.9. The number of piperidine rings is 1. The van der Waals surface area contributed by atoms with E-state index in [0.29, 0.717) is 17.3 Å². The summed E-state index contributed by atoms with van der Waals surface area (Å²) in [7, 11) is 1.59. The molecule has 1 N–H and O–H groups in total. The maximum absolute atomic E-state index is 14.1. The standard InChI is InChI=1S/C32H40N4O7/c1-33-32-23-18-25-24(40-21-41-25)17-22(23)7-14-36-13-6-4-9-31(32,36)19-26(39-2)28(32)42-29(38)30(20-27(37)43-30)8-3-5-12-35-15-10-34-11-16-35/h3,5,17-19,28,34H,1,4,6-16,20-21H2,2H3/b5-3+/t28-,30-,31-,32+/m1/s1. The molecule has 43 heavy (non-hydrogen) atoms. The molecule has 0 saturated carbocycles. The number of ether oxygens (including phenoxy) is 5. The van der Waals surface area contributed by atoms with Gasteiger partial charge >= 0.3 is 11.9 Å². The lowest BCUT2D eigenvalue weighted by molar-refractivity contribution is -0.212. The van der Waals surface area contributed by atoms with Crippen molar-refractivity contribution in [3.63, 3.8) is 0 Å². The lowest BCUT2D eigenvalue weighted by atomic mass is 9.68. The minimum Gasteiger partial charge on any atom is -0.497 e. The van der Waals surface area contributed by atoms with Gasteiger partial charge in [0.05, 0.1) is 19.1 Å². The Morgan fingerprint density at radius 3 is 2.70 bits per heavy atom. The van der Waals surface area contributed by atoms with Crippen molar-refractivity contribution in [1.82, 2.24) is 15.1 Å². The van der Waals surface area contributed by atoms with E-state index in [1.165, 1.54) is 0 Å². The predicted molar refractivity (Wildman–Crippen MR) is 157 cm³/mol. The van der Waals surface area contributed by atoms with Gasteiger partial charge in [-0.15, -0.1) is 0 Å². The van der Waals surface area contributed by atoms with Gasteiger partial charge in [0.15, 0.2) is 23.1 Å². The fraction of sp³-hybridized carbons (Fsp3) is 0.594. The van der Waals surface area contributed by atoms with Crippen LogP contribution in [-0.2, 0) is 35.8 Å². The van der Waals surface area contributed by atoms with Gasteiger partial charge in [0.1, 0.15) is 5.76 Å². The molecule has 5 heterocycles. The van der Waals surface area contributed by atoms with E-state index in [9.17, 15) is 9.59 Å². The van der Waals surface area contributed by atoms with Crippen molar-refractivity contribution in [2.75, 3.05) is 59.7 Å². The highest BCUT2D eigenvalue weighted by atomic mass is 16.7. The Morgan fingerprint density at radius 1 is 1.16 bits per heavy atom. The summed E-state index contributed by atoms with van der Waals surface area (Å²) in [5.41, 5.74) is -1.16. The average Bonchev–Trinajstić information content (AvgIpc) is 3.54. The Morgan fingerprint density at radius 2 is 1.95 bits per heavy atom. The molecular formula is C32H40N4O7.